The van der Waals surface area contributed by atoms with Crippen LogP contribution in [0.3, 0.4) is 0 Å². The summed E-state index contributed by atoms with van der Waals surface area (Å²) in [4.78, 5) is 11.9. The van der Waals surface area contributed by atoms with Gasteiger partial charge in [0, 0.05) is 6.54 Å². The summed E-state index contributed by atoms with van der Waals surface area (Å²) in [5.74, 6) is -0.0345. The highest BCUT2D eigenvalue weighted by Crippen LogP contribution is 2.22. The Bertz CT molecular complexity index is 239. The van der Waals surface area contributed by atoms with Gasteiger partial charge < -0.3 is 15.2 Å². The number of carbonyl (C=O) groups excluding carboxylic acids is 1. The van der Waals surface area contributed by atoms with Gasteiger partial charge in [-0.15, -0.1) is 0 Å². The zero-order chi connectivity index (χ0) is 13.4. The van der Waals surface area contributed by atoms with E-state index < -0.39 is 0 Å². The van der Waals surface area contributed by atoms with Crippen molar-refractivity contribution in [2.75, 3.05) is 6.54 Å². The predicted octanol–water partition coefficient (Wildman–Crippen LogP) is 2.00. The summed E-state index contributed by atoms with van der Waals surface area (Å²) in [5, 5.41) is 12.3. The maximum Gasteiger partial charge on any atom is 0.249 e. The smallest absolute Gasteiger partial charge is 0.249 e. The Balaban J connectivity index is 2.23. The van der Waals surface area contributed by atoms with Gasteiger partial charge in [0.25, 0.3) is 0 Å². The normalized spacial score (nSPS) is 19.7. The molecule has 0 aliphatic heterocycles. The van der Waals surface area contributed by atoms with Crippen LogP contribution in [-0.4, -0.2) is 35.9 Å². The second-order valence-corrected chi connectivity index (χ2v) is 5.08. The van der Waals surface area contributed by atoms with Crippen LogP contribution >= 0.6 is 0 Å². The van der Waals surface area contributed by atoms with Crippen LogP contribution in [-0.2, 0) is 9.53 Å². The van der Waals surface area contributed by atoms with Gasteiger partial charge >= 0.3 is 0 Å². The molecule has 2 N–H and O–H groups in total. The first-order valence-corrected chi connectivity index (χ1v) is 7.28. The quantitative estimate of drug-likeness (QED) is 0.699. The van der Waals surface area contributed by atoms with Gasteiger partial charge in [-0.2, -0.15) is 0 Å². The van der Waals surface area contributed by atoms with Crippen LogP contribution < -0.4 is 5.32 Å². The monoisotopic (exact) mass is 257 g/mol. The van der Waals surface area contributed by atoms with Gasteiger partial charge in [-0.1, -0.05) is 26.7 Å². The summed E-state index contributed by atoms with van der Waals surface area (Å²) < 4.78 is 5.83. The molecule has 1 rings (SSSR count). The van der Waals surface area contributed by atoms with E-state index in [0.29, 0.717) is 19.4 Å². The average molecular weight is 257 g/mol. The Morgan fingerprint density at radius 2 is 2.00 bits per heavy atom. The fourth-order valence-electron chi connectivity index (χ4n) is 2.28. The number of carbonyl (C=O) groups is 1. The molecule has 4 heteroatoms. The maximum atomic E-state index is 11.9. The number of nitrogens with one attached hydrogen (secondary N) is 1. The number of ether oxygens (including phenoxy) is 1. The van der Waals surface area contributed by atoms with E-state index in [1.807, 2.05) is 13.8 Å². The van der Waals surface area contributed by atoms with Crippen LogP contribution in [0.5, 0.6) is 0 Å². The molecule has 0 bridgehead atoms. The lowest BCUT2D eigenvalue weighted by Crippen LogP contribution is -2.39. The Morgan fingerprint density at radius 3 is 2.56 bits per heavy atom. The molecule has 0 saturated heterocycles. The zero-order valence-electron chi connectivity index (χ0n) is 11.7. The number of hydrogen-bond acceptors (Lipinski definition) is 3. The number of rotatable bonds is 8. The predicted molar refractivity (Wildman–Crippen MR) is 71.3 cm³/mol. The summed E-state index contributed by atoms with van der Waals surface area (Å²) >= 11 is 0. The van der Waals surface area contributed by atoms with E-state index in [-0.39, 0.29) is 24.2 Å². The minimum atomic E-state index is -0.327. The molecule has 0 aromatic carbocycles. The third kappa shape index (κ3) is 5.36. The van der Waals surface area contributed by atoms with Crippen molar-refractivity contribution in [3.63, 3.8) is 0 Å². The van der Waals surface area contributed by atoms with Crippen molar-refractivity contribution in [2.45, 2.75) is 77.1 Å². The molecule has 106 valence electrons. The standard InChI is InChI=1S/C14H27NO3/c1-3-11(16)9-10-15-14(17)13(4-2)18-12-7-5-6-8-12/h11-13,16H,3-10H2,1-2H3,(H,15,17). The minimum Gasteiger partial charge on any atom is -0.393 e. The SMILES string of the molecule is CCC(O)CCNC(=O)C(CC)OC1CCCC1. The summed E-state index contributed by atoms with van der Waals surface area (Å²) in [5.41, 5.74) is 0. The first-order chi connectivity index (χ1) is 8.67. The van der Waals surface area contributed by atoms with Crippen LogP contribution in [0.4, 0.5) is 0 Å². The molecule has 0 heterocycles. The number of amides is 1. The highest BCUT2D eigenvalue weighted by molar-refractivity contribution is 5.80. The first kappa shape index (κ1) is 15.4. The molecule has 0 radical (unpaired) electrons. The zero-order valence-corrected chi connectivity index (χ0v) is 11.7. The second kappa shape index (κ2) is 8.48. The average Bonchev–Trinajstić information content (AvgIpc) is 2.88. The van der Waals surface area contributed by atoms with Crippen molar-refractivity contribution in [1.82, 2.24) is 5.32 Å². The van der Waals surface area contributed by atoms with Crippen LogP contribution in [0.15, 0.2) is 0 Å². The maximum absolute atomic E-state index is 11.9. The van der Waals surface area contributed by atoms with Crippen LogP contribution in [0.1, 0.15) is 58.8 Å². The van der Waals surface area contributed by atoms with Crippen LogP contribution in [0.2, 0.25) is 0 Å². The summed E-state index contributed by atoms with van der Waals surface area (Å²) in [6.45, 7) is 4.43. The lowest BCUT2D eigenvalue weighted by molar-refractivity contribution is -0.136. The largest absolute Gasteiger partial charge is 0.393 e. The van der Waals surface area contributed by atoms with Gasteiger partial charge in [0.1, 0.15) is 6.10 Å². The van der Waals surface area contributed by atoms with Crippen LogP contribution in [0.25, 0.3) is 0 Å². The summed E-state index contributed by atoms with van der Waals surface area (Å²) in [6.07, 6.45) is 6.26. The Morgan fingerprint density at radius 1 is 1.33 bits per heavy atom. The van der Waals surface area contributed by atoms with Crippen molar-refractivity contribution in [2.24, 2.45) is 0 Å². The fourth-order valence-corrected chi connectivity index (χ4v) is 2.28. The molecule has 4 nitrogen and oxygen atoms in total. The van der Waals surface area contributed by atoms with E-state index in [9.17, 15) is 9.90 Å². The number of hydrogen-bond donors (Lipinski definition) is 2. The molecule has 0 aromatic rings. The van der Waals surface area contributed by atoms with Gasteiger partial charge in [0.15, 0.2) is 0 Å². The number of aliphatic hydroxyl groups excluding tert-OH is 1. The molecule has 2 atom stereocenters. The topological polar surface area (TPSA) is 58.6 Å². The first-order valence-electron chi connectivity index (χ1n) is 7.28. The lowest BCUT2D eigenvalue weighted by Gasteiger charge is -2.20. The Hall–Kier alpha value is -0.610. The molecule has 1 amide bonds. The molecule has 1 aliphatic rings. The van der Waals surface area contributed by atoms with Gasteiger partial charge in [-0.05, 0) is 32.1 Å². The van der Waals surface area contributed by atoms with E-state index in [2.05, 4.69) is 5.32 Å². The Kier molecular flexibility index (Phi) is 7.28. The van der Waals surface area contributed by atoms with Crippen molar-refractivity contribution in [1.29, 1.82) is 0 Å². The number of aliphatic hydroxyl groups is 1. The van der Waals surface area contributed by atoms with Gasteiger partial charge in [-0.25, -0.2) is 0 Å². The van der Waals surface area contributed by atoms with Crippen molar-refractivity contribution >= 4 is 5.91 Å². The van der Waals surface area contributed by atoms with Crippen molar-refractivity contribution < 1.29 is 14.6 Å². The molecule has 2 unspecified atom stereocenters. The second-order valence-electron chi connectivity index (χ2n) is 5.08. The van der Waals surface area contributed by atoms with E-state index in [1.165, 1.54) is 12.8 Å². The lowest BCUT2D eigenvalue weighted by atomic mass is 10.2. The van der Waals surface area contributed by atoms with E-state index in [4.69, 9.17) is 4.74 Å². The molecule has 1 fully saturated rings. The van der Waals surface area contributed by atoms with Gasteiger partial charge in [0.05, 0.1) is 12.2 Å². The van der Waals surface area contributed by atoms with Gasteiger partial charge in [-0.3, -0.25) is 4.79 Å². The highest BCUT2D eigenvalue weighted by Gasteiger charge is 2.24. The third-order valence-electron chi connectivity index (χ3n) is 3.57. The van der Waals surface area contributed by atoms with Gasteiger partial charge in [0.2, 0.25) is 5.91 Å². The Labute approximate surface area is 110 Å². The van der Waals surface area contributed by atoms with E-state index in [1.54, 1.807) is 0 Å². The summed E-state index contributed by atoms with van der Waals surface area (Å²) in [6, 6.07) is 0. The molecule has 18 heavy (non-hydrogen) atoms. The molecule has 0 spiro atoms. The minimum absolute atomic E-state index is 0.0345. The summed E-state index contributed by atoms with van der Waals surface area (Å²) in [7, 11) is 0. The molecular formula is C14H27NO3. The van der Waals surface area contributed by atoms with E-state index in [0.717, 1.165) is 19.3 Å². The highest BCUT2D eigenvalue weighted by atomic mass is 16.5. The van der Waals surface area contributed by atoms with Crippen molar-refractivity contribution in [3.8, 4) is 0 Å². The molecule has 0 aromatic heterocycles. The molecular weight excluding hydrogens is 230 g/mol. The molecule has 1 saturated carbocycles. The third-order valence-corrected chi connectivity index (χ3v) is 3.57. The van der Waals surface area contributed by atoms with E-state index >= 15 is 0 Å². The van der Waals surface area contributed by atoms with Crippen molar-refractivity contribution in [3.05, 3.63) is 0 Å². The molecule has 1 aliphatic carbocycles. The van der Waals surface area contributed by atoms with Crippen LogP contribution in [0, 0.1) is 0 Å². The fraction of sp³-hybridized carbons (Fsp3) is 0.929.